The molecule has 0 radical (unpaired) electrons. The molecule has 0 amide bonds. The number of carbonyl (C=O) groups excluding carboxylic acids is 1. The number of hydrogen-bond acceptors (Lipinski definition) is 6. The van der Waals surface area contributed by atoms with Crippen LogP contribution in [0.25, 0.3) is 0 Å². The minimum absolute atomic E-state index is 0.196. The highest BCUT2D eigenvalue weighted by Gasteiger charge is 2.54. The number of Topliss-reactive ketones (excluding diaryl/α,β-unsaturated/α-hetero) is 1. The van der Waals surface area contributed by atoms with E-state index < -0.39 is 53.0 Å². The zero-order valence-corrected chi connectivity index (χ0v) is 20.7. The number of aliphatic imine (C=N–C) groups is 1. The fourth-order valence-electron chi connectivity index (χ4n) is 3.84. The number of amidine groups is 1. The molecule has 1 aliphatic rings. The average molecular weight is 553 g/mol. The minimum atomic E-state index is -4.80. The van der Waals surface area contributed by atoms with Crippen molar-refractivity contribution in [3.63, 3.8) is 0 Å². The Morgan fingerprint density at radius 3 is 2.03 bits per heavy atom. The molecule has 0 saturated heterocycles. The maximum absolute atomic E-state index is 14.0. The molecule has 180 valence electrons. The Morgan fingerprint density at radius 2 is 1.46 bits per heavy atom. The third-order valence-corrected chi connectivity index (χ3v) is 7.67. The van der Waals surface area contributed by atoms with Gasteiger partial charge in [-0.15, -0.1) is 0 Å². The van der Waals surface area contributed by atoms with Crippen molar-refractivity contribution in [3.05, 3.63) is 106 Å². The number of nitro benzene ring substituents is 1. The molecule has 4 rings (SSSR count). The van der Waals surface area contributed by atoms with E-state index in [1.807, 2.05) is 0 Å². The van der Waals surface area contributed by atoms with Gasteiger partial charge in [-0.1, -0.05) is 108 Å². The Bertz CT molecular complexity index is 1410. The third-order valence-electron chi connectivity index (χ3n) is 5.34. The number of para-hydroxylation sites is 1. The highest BCUT2D eigenvalue weighted by molar-refractivity contribution is 7.90. The van der Waals surface area contributed by atoms with Crippen molar-refractivity contribution in [2.75, 3.05) is 0 Å². The smallest absolute Gasteiger partial charge is 0.289 e. The summed E-state index contributed by atoms with van der Waals surface area (Å²) in [5.41, 5.74) is 0.000918. The van der Waals surface area contributed by atoms with Gasteiger partial charge in [-0.25, -0.2) is 12.7 Å². The predicted octanol–water partition coefficient (Wildman–Crippen LogP) is 5.36. The van der Waals surface area contributed by atoms with E-state index in [1.54, 1.807) is 48.5 Å². The molecule has 3 aromatic rings. The van der Waals surface area contributed by atoms with Crippen molar-refractivity contribution in [2.45, 2.75) is 20.8 Å². The second kappa shape index (κ2) is 9.58. The van der Waals surface area contributed by atoms with E-state index in [4.69, 9.17) is 34.8 Å². The topological polar surface area (TPSA) is 110 Å². The van der Waals surface area contributed by atoms with Crippen molar-refractivity contribution in [1.82, 2.24) is 4.31 Å². The molecule has 0 aliphatic carbocycles. The first kappa shape index (κ1) is 25.1. The van der Waals surface area contributed by atoms with E-state index >= 15 is 0 Å². The van der Waals surface area contributed by atoms with E-state index in [0.717, 1.165) is 12.1 Å². The van der Waals surface area contributed by atoms with Crippen LogP contribution in [0.4, 0.5) is 5.69 Å². The van der Waals surface area contributed by atoms with Gasteiger partial charge in [0.15, 0.2) is 16.5 Å². The van der Waals surface area contributed by atoms with Crippen LogP contribution in [0.2, 0.25) is 0 Å². The zero-order valence-electron chi connectivity index (χ0n) is 17.7. The van der Waals surface area contributed by atoms with Crippen molar-refractivity contribution in [2.24, 2.45) is 4.99 Å². The lowest BCUT2D eigenvalue weighted by Gasteiger charge is -2.30. The van der Waals surface area contributed by atoms with Crippen LogP contribution in [-0.2, 0) is 10.0 Å². The van der Waals surface area contributed by atoms with Gasteiger partial charge < -0.3 is 0 Å². The molecule has 1 heterocycles. The number of halogens is 3. The molecular formula is C23H16Cl3N3O5S. The van der Waals surface area contributed by atoms with E-state index in [9.17, 15) is 23.3 Å². The first-order chi connectivity index (χ1) is 16.5. The van der Waals surface area contributed by atoms with Crippen LogP contribution in [0.3, 0.4) is 0 Å². The Hall–Kier alpha value is -2.98. The van der Waals surface area contributed by atoms with E-state index in [1.165, 1.54) is 24.3 Å². The SMILES string of the molecule is O=C(c1ccccc1)[C@@H]1[C@@H](c2ccccc2)N=C(C(Cl)(Cl)Cl)N1S(=O)(=O)c1ccccc1[N+](=O)[O-]. The van der Waals surface area contributed by atoms with Gasteiger partial charge in [0, 0.05) is 11.6 Å². The molecule has 0 saturated carbocycles. The number of sulfonamides is 1. The number of ketones is 1. The molecule has 3 aromatic carbocycles. The average Bonchev–Trinajstić information content (AvgIpc) is 3.27. The second-order valence-corrected chi connectivity index (χ2v) is 11.6. The van der Waals surface area contributed by atoms with Gasteiger partial charge in [-0.3, -0.25) is 19.9 Å². The molecule has 0 N–H and O–H groups in total. The number of alkyl halides is 3. The summed E-state index contributed by atoms with van der Waals surface area (Å²) in [4.78, 5) is 28.3. The molecule has 12 heteroatoms. The monoisotopic (exact) mass is 551 g/mol. The number of nitrogens with zero attached hydrogens (tertiary/aromatic N) is 3. The highest BCUT2D eigenvalue weighted by atomic mass is 35.6. The fourth-order valence-corrected chi connectivity index (χ4v) is 6.20. The van der Waals surface area contributed by atoms with Gasteiger partial charge in [0.1, 0.15) is 12.1 Å². The van der Waals surface area contributed by atoms with E-state index in [-0.39, 0.29) is 5.56 Å². The largest absolute Gasteiger partial charge is 0.292 e. The summed E-state index contributed by atoms with van der Waals surface area (Å²) in [6.07, 6.45) is 0. The number of hydrogen-bond donors (Lipinski definition) is 0. The van der Waals surface area contributed by atoms with Crippen LogP contribution < -0.4 is 0 Å². The second-order valence-electron chi connectivity index (χ2n) is 7.51. The summed E-state index contributed by atoms with van der Waals surface area (Å²) in [7, 11) is -4.80. The Labute approximate surface area is 216 Å². The van der Waals surface area contributed by atoms with Gasteiger partial charge in [-0.05, 0) is 11.6 Å². The molecule has 0 unspecified atom stereocenters. The van der Waals surface area contributed by atoms with Gasteiger partial charge in [0.25, 0.3) is 15.7 Å². The zero-order chi connectivity index (χ0) is 25.4. The summed E-state index contributed by atoms with van der Waals surface area (Å²) in [5, 5.41) is 11.6. The molecule has 8 nitrogen and oxygen atoms in total. The number of carbonyl (C=O) groups is 1. The quantitative estimate of drug-likeness (QED) is 0.177. The molecule has 35 heavy (non-hydrogen) atoms. The summed E-state index contributed by atoms with van der Waals surface area (Å²) in [6.45, 7) is 0. The number of benzene rings is 3. The number of nitro groups is 1. The summed E-state index contributed by atoms with van der Waals surface area (Å²) in [5.74, 6) is -1.15. The van der Waals surface area contributed by atoms with Crippen LogP contribution in [0, 0.1) is 10.1 Å². The maximum atomic E-state index is 14.0. The molecule has 1 aliphatic heterocycles. The standard InChI is InChI=1S/C23H16Cl3N3O5S/c24-23(25,26)22-27-19(15-9-3-1-4-10-15)20(21(30)16-11-5-2-6-12-16)28(22)35(33,34)18-14-8-7-13-17(18)29(31)32/h1-14,19-20H/t19-,20+/m1/s1. The van der Waals surface area contributed by atoms with Crippen molar-refractivity contribution < 1.29 is 18.1 Å². The highest BCUT2D eigenvalue weighted by Crippen LogP contribution is 2.44. The molecule has 0 bridgehead atoms. The van der Waals surface area contributed by atoms with E-state index in [0.29, 0.717) is 9.87 Å². The van der Waals surface area contributed by atoms with Crippen LogP contribution >= 0.6 is 34.8 Å². The lowest BCUT2D eigenvalue weighted by molar-refractivity contribution is -0.387. The molecule has 0 aromatic heterocycles. The fraction of sp³-hybridized carbons (Fsp3) is 0.130. The van der Waals surface area contributed by atoms with Gasteiger partial charge in [0.05, 0.1) is 4.92 Å². The van der Waals surface area contributed by atoms with Crippen LogP contribution in [0.5, 0.6) is 0 Å². The lowest BCUT2D eigenvalue weighted by Crippen LogP contribution is -2.50. The van der Waals surface area contributed by atoms with Crippen molar-refractivity contribution in [3.8, 4) is 0 Å². The summed E-state index contributed by atoms with van der Waals surface area (Å²) in [6, 6.07) is 18.6. The minimum Gasteiger partial charge on any atom is -0.292 e. The van der Waals surface area contributed by atoms with Crippen LogP contribution in [0.1, 0.15) is 22.0 Å². The molecule has 2 atom stereocenters. The number of rotatable bonds is 6. The Balaban J connectivity index is 1.99. The normalized spacial score (nSPS) is 18.3. The molecule has 0 spiro atoms. The molecular weight excluding hydrogens is 537 g/mol. The van der Waals surface area contributed by atoms with Crippen LogP contribution in [0.15, 0.2) is 94.8 Å². The van der Waals surface area contributed by atoms with Crippen molar-refractivity contribution >= 4 is 62.1 Å². The Morgan fingerprint density at radius 1 is 0.914 bits per heavy atom. The predicted molar refractivity (Wildman–Crippen MR) is 134 cm³/mol. The first-order valence-corrected chi connectivity index (χ1v) is 12.7. The first-order valence-electron chi connectivity index (χ1n) is 10.1. The Kier molecular flexibility index (Phi) is 6.88. The van der Waals surface area contributed by atoms with Gasteiger partial charge in [0.2, 0.25) is 3.79 Å². The summed E-state index contributed by atoms with van der Waals surface area (Å²) < 4.78 is 26.1. The molecule has 0 fully saturated rings. The van der Waals surface area contributed by atoms with Crippen LogP contribution in [-0.4, -0.2) is 39.1 Å². The maximum Gasteiger partial charge on any atom is 0.289 e. The van der Waals surface area contributed by atoms with Crippen molar-refractivity contribution in [1.29, 1.82) is 0 Å². The summed E-state index contributed by atoms with van der Waals surface area (Å²) >= 11 is 18.4. The van der Waals surface area contributed by atoms with E-state index in [2.05, 4.69) is 4.99 Å². The third kappa shape index (κ3) is 4.77. The lowest BCUT2D eigenvalue weighted by atomic mass is 9.94. The van der Waals surface area contributed by atoms with Gasteiger partial charge >= 0.3 is 0 Å². The van der Waals surface area contributed by atoms with Gasteiger partial charge in [-0.2, -0.15) is 0 Å².